The number of aromatic nitrogens is 1. The van der Waals surface area contributed by atoms with Crippen molar-refractivity contribution < 1.29 is 4.74 Å². The van der Waals surface area contributed by atoms with Crippen LogP contribution in [0.25, 0.3) is 49.7 Å². The lowest BCUT2D eigenvalue weighted by Gasteiger charge is -2.39. The van der Waals surface area contributed by atoms with E-state index in [1.54, 1.807) is 0 Å². The van der Waals surface area contributed by atoms with E-state index in [-0.39, 0.29) is 0 Å². The number of rotatable bonds is 2. The van der Waals surface area contributed by atoms with Gasteiger partial charge in [-0.1, -0.05) is 133 Å². The van der Waals surface area contributed by atoms with Crippen molar-refractivity contribution in [1.29, 1.82) is 0 Å². The van der Waals surface area contributed by atoms with E-state index in [4.69, 9.17) is 4.74 Å². The molecule has 10 rings (SSSR count). The largest absolute Gasteiger partial charge is 0.457 e. The summed E-state index contributed by atoms with van der Waals surface area (Å²) >= 11 is 0. The number of fused-ring (bicyclic) bond motifs is 13. The van der Waals surface area contributed by atoms with Crippen molar-refractivity contribution in [3.63, 3.8) is 0 Å². The highest BCUT2D eigenvalue weighted by Gasteiger charge is 2.51. The Morgan fingerprint density at radius 2 is 1.09 bits per heavy atom. The number of para-hydroxylation sites is 3. The van der Waals surface area contributed by atoms with E-state index in [1.165, 1.54) is 66.3 Å². The number of ether oxygens (including phenoxy) is 1. The van der Waals surface area contributed by atoms with Crippen LogP contribution in [0.3, 0.4) is 0 Å². The van der Waals surface area contributed by atoms with Crippen molar-refractivity contribution in [2.24, 2.45) is 0 Å². The molecule has 1 aromatic heterocycles. The number of benzene rings is 7. The van der Waals surface area contributed by atoms with Crippen LogP contribution in [0, 0.1) is 0 Å². The van der Waals surface area contributed by atoms with Gasteiger partial charge in [-0.3, -0.25) is 0 Å². The molecule has 8 aromatic rings. The Labute approximate surface area is 261 Å². The fourth-order valence-corrected chi connectivity index (χ4v) is 8.11. The van der Waals surface area contributed by atoms with Gasteiger partial charge in [-0.05, 0) is 58.1 Å². The summed E-state index contributed by atoms with van der Waals surface area (Å²) in [7, 11) is 0. The Balaban J connectivity index is 1.38. The third kappa shape index (κ3) is 3.18. The van der Waals surface area contributed by atoms with Gasteiger partial charge >= 0.3 is 0 Å². The Bertz CT molecular complexity index is 2420. The van der Waals surface area contributed by atoms with Gasteiger partial charge in [0.15, 0.2) is 0 Å². The molecule has 0 saturated heterocycles. The summed E-state index contributed by atoms with van der Waals surface area (Å²) in [6.07, 6.45) is 0. The molecule has 1 aliphatic heterocycles. The highest BCUT2D eigenvalue weighted by atomic mass is 16.5. The third-order valence-electron chi connectivity index (χ3n) is 9.85. The van der Waals surface area contributed by atoms with Crippen molar-refractivity contribution in [1.82, 2.24) is 4.57 Å². The molecule has 0 fully saturated rings. The molecular weight excluding hydrogens is 546 g/mol. The van der Waals surface area contributed by atoms with Crippen LogP contribution < -0.4 is 4.74 Å². The van der Waals surface area contributed by atoms with Crippen molar-refractivity contribution in [2.45, 2.75) is 5.41 Å². The lowest BCUT2D eigenvalue weighted by molar-refractivity contribution is 0.436. The minimum Gasteiger partial charge on any atom is -0.457 e. The highest BCUT2D eigenvalue weighted by Crippen LogP contribution is 2.63. The van der Waals surface area contributed by atoms with Crippen LogP contribution in [0.5, 0.6) is 11.5 Å². The first-order valence-electron chi connectivity index (χ1n) is 15.5. The molecule has 1 spiro atoms. The van der Waals surface area contributed by atoms with Gasteiger partial charge < -0.3 is 9.30 Å². The van der Waals surface area contributed by atoms with E-state index >= 15 is 0 Å². The summed E-state index contributed by atoms with van der Waals surface area (Å²) in [5.41, 5.74) is 13.0. The average molecular weight is 574 g/mol. The predicted molar refractivity (Wildman–Crippen MR) is 184 cm³/mol. The number of nitrogens with zero attached hydrogens (tertiary/aromatic N) is 1. The Kier molecular flexibility index (Phi) is 4.95. The van der Waals surface area contributed by atoms with Crippen molar-refractivity contribution in [3.8, 4) is 39.4 Å². The minimum atomic E-state index is -0.501. The van der Waals surface area contributed by atoms with Gasteiger partial charge in [0.2, 0.25) is 0 Å². The second-order valence-corrected chi connectivity index (χ2v) is 12.0. The summed E-state index contributed by atoms with van der Waals surface area (Å²) in [6, 6.07) is 59.3. The highest BCUT2D eigenvalue weighted by molar-refractivity contribution is 6.16. The average Bonchev–Trinajstić information content (AvgIpc) is 3.60. The quantitative estimate of drug-likeness (QED) is 0.201. The van der Waals surface area contributed by atoms with Crippen LogP contribution >= 0.6 is 0 Å². The van der Waals surface area contributed by atoms with Crippen LogP contribution in [0.4, 0.5) is 0 Å². The molecule has 1 aliphatic carbocycles. The van der Waals surface area contributed by atoms with Gasteiger partial charge in [-0.2, -0.15) is 0 Å². The SMILES string of the molecule is c1ccc(-c2cccc(-n3c4ccccc4c4ccc5c(c43)-c3ccccc3C53c4ccccc4Oc4ccccc43)c2)cc1. The molecule has 45 heavy (non-hydrogen) atoms. The van der Waals surface area contributed by atoms with Crippen LogP contribution in [0.2, 0.25) is 0 Å². The Hall–Kier alpha value is -5.86. The maximum atomic E-state index is 6.57. The summed E-state index contributed by atoms with van der Waals surface area (Å²) in [6.45, 7) is 0. The van der Waals surface area contributed by atoms with Gasteiger partial charge in [0.25, 0.3) is 0 Å². The van der Waals surface area contributed by atoms with Gasteiger partial charge in [-0.25, -0.2) is 0 Å². The molecule has 0 atom stereocenters. The molecule has 0 saturated carbocycles. The molecule has 2 heteroatoms. The zero-order chi connectivity index (χ0) is 29.5. The monoisotopic (exact) mass is 573 g/mol. The van der Waals surface area contributed by atoms with E-state index in [0.29, 0.717) is 0 Å². The molecule has 0 amide bonds. The zero-order valence-corrected chi connectivity index (χ0v) is 24.4. The van der Waals surface area contributed by atoms with Crippen molar-refractivity contribution in [2.75, 3.05) is 0 Å². The normalized spacial score (nSPS) is 13.7. The fraction of sp³-hybridized carbons (Fsp3) is 0.0233. The van der Waals surface area contributed by atoms with Gasteiger partial charge in [0, 0.05) is 33.2 Å². The van der Waals surface area contributed by atoms with Crippen molar-refractivity contribution in [3.05, 3.63) is 186 Å². The van der Waals surface area contributed by atoms with E-state index in [2.05, 4.69) is 168 Å². The fourth-order valence-electron chi connectivity index (χ4n) is 8.11. The summed E-state index contributed by atoms with van der Waals surface area (Å²) in [4.78, 5) is 0. The first kappa shape index (κ1) is 24.6. The summed E-state index contributed by atoms with van der Waals surface area (Å²) in [5.74, 6) is 1.82. The van der Waals surface area contributed by atoms with Crippen molar-refractivity contribution >= 4 is 21.8 Å². The molecule has 7 aromatic carbocycles. The van der Waals surface area contributed by atoms with E-state index in [9.17, 15) is 0 Å². The number of hydrogen-bond acceptors (Lipinski definition) is 1. The van der Waals surface area contributed by atoms with Crippen LogP contribution in [-0.2, 0) is 5.41 Å². The molecule has 0 bridgehead atoms. The molecule has 0 unspecified atom stereocenters. The molecular formula is C43H27NO. The van der Waals surface area contributed by atoms with E-state index in [0.717, 1.165) is 17.2 Å². The predicted octanol–water partition coefficient (Wildman–Crippen LogP) is 10.9. The summed E-state index contributed by atoms with van der Waals surface area (Å²) in [5, 5.41) is 2.52. The summed E-state index contributed by atoms with van der Waals surface area (Å²) < 4.78 is 9.06. The first-order valence-corrected chi connectivity index (χ1v) is 15.5. The third-order valence-corrected chi connectivity index (χ3v) is 9.85. The van der Waals surface area contributed by atoms with Crippen LogP contribution in [0.1, 0.15) is 22.3 Å². The van der Waals surface area contributed by atoms with E-state index in [1.807, 2.05) is 0 Å². The van der Waals surface area contributed by atoms with Gasteiger partial charge in [0.1, 0.15) is 11.5 Å². The lowest BCUT2D eigenvalue weighted by Crippen LogP contribution is -2.32. The first-order chi connectivity index (χ1) is 22.3. The molecule has 0 N–H and O–H groups in total. The second kappa shape index (κ2) is 9.07. The van der Waals surface area contributed by atoms with Crippen LogP contribution in [-0.4, -0.2) is 4.57 Å². The van der Waals surface area contributed by atoms with Gasteiger partial charge in [-0.15, -0.1) is 0 Å². The smallest absolute Gasteiger partial charge is 0.132 e. The Morgan fingerprint density at radius 1 is 0.444 bits per heavy atom. The lowest BCUT2D eigenvalue weighted by atomic mass is 9.66. The number of hydrogen-bond donors (Lipinski definition) is 0. The molecule has 0 radical (unpaired) electrons. The topological polar surface area (TPSA) is 14.2 Å². The van der Waals surface area contributed by atoms with Crippen LogP contribution in [0.15, 0.2) is 164 Å². The second-order valence-electron chi connectivity index (χ2n) is 12.0. The standard InChI is InChI=1S/C43H27NO/c1-2-13-28(14-3-1)29-15-12-16-30(27-29)44-38-22-9-5-17-31(38)32-25-26-37-41(42(32)44)33-18-4-6-19-34(33)43(37)35-20-7-10-23-39(35)45-40-24-11-8-21-36(40)43/h1-27H. The maximum absolute atomic E-state index is 6.57. The zero-order valence-electron chi connectivity index (χ0n) is 24.4. The molecule has 2 aliphatic rings. The van der Waals surface area contributed by atoms with E-state index < -0.39 is 5.41 Å². The molecule has 2 nitrogen and oxygen atoms in total. The maximum Gasteiger partial charge on any atom is 0.132 e. The Morgan fingerprint density at radius 3 is 1.89 bits per heavy atom. The molecule has 210 valence electrons. The van der Waals surface area contributed by atoms with Gasteiger partial charge in [0.05, 0.1) is 16.4 Å². The minimum absolute atomic E-state index is 0.501. The molecule has 2 heterocycles.